The zero-order valence-corrected chi connectivity index (χ0v) is 18.7. The molecule has 0 radical (unpaired) electrons. The Labute approximate surface area is 177 Å². The molecule has 2 amide bonds. The average Bonchev–Trinajstić information content (AvgIpc) is 2.68. The number of carbonyl (C=O) groups excluding carboxylic acids is 2. The molecular formula is C24H31NO5. The molecule has 0 bridgehead atoms. The molecule has 1 aromatic carbocycles. The Morgan fingerprint density at radius 2 is 1.50 bits per heavy atom. The Morgan fingerprint density at radius 3 is 2.03 bits per heavy atom. The molecule has 0 unspecified atom stereocenters. The second kappa shape index (κ2) is 8.62. The van der Waals surface area contributed by atoms with Crippen LogP contribution in [-0.4, -0.2) is 17.9 Å². The first-order valence-corrected chi connectivity index (χ1v) is 10.8. The first kappa shape index (κ1) is 22.1. The first-order chi connectivity index (χ1) is 14.1. The second-order valence-corrected chi connectivity index (χ2v) is 8.86. The van der Waals surface area contributed by atoms with E-state index in [9.17, 15) is 14.4 Å². The molecule has 30 heavy (non-hydrogen) atoms. The van der Waals surface area contributed by atoms with Crippen LogP contribution in [0.25, 0.3) is 11.0 Å². The molecule has 0 spiro atoms. The largest absolute Gasteiger partial charge is 0.489 e. The molecule has 0 N–H and O–H groups in total. The number of hydrogen-bond donors (Lipinski definition) is 0. The van der Waals surface area contributed by atoms with Gasteiger partial charge in [0.2, 0.25) is 11.8 Å². The summed E-state index contributed by atoms with van der Waals surface area (Å²) in [6.07, 6.45) is 3.22. The topological polar surface area (TPSA) is 76.8 Å². The molecule has 1 aliphatic rings. The summed E-state index contributed by atoms with van der Waals surface area (Å²) in [6, 6.07) is 3.44. The molecule has 6 heteroatoms. The highest BCUT2D eigenvalue weighted by atomic mass is 16.5. The molecule has 0 fully saturated rings. The van der Waals surface area contributed by atoms with E-state index in [1.807, 2.05) is 13.8 Å². The van der Waals surface area contributed by atoms with Crippen LogP contribution in [-0.2, 0) is 22.4 Å². The van der Waals surface area contributed by atoms with E-state index in [-0.39, 0.29) is 35.4 Å². The molecule has 0 saturated heterocycles. The highest BCUT2D eigenvalue weighted by Gasteiger charge is 2.31. The summed E-state index contributed by atoms with van der Waals surface area (Å²) in [5, 5.41) is 0.772. The third-order valence-corrected chi connectivity index (χ3v) is 5.34. The zero-order chi connectivity index (χ0) is 22.2. The fourth-order valence-electron chi connectivity index (χ4n) is 3.84. The Morgan fingerprint density at radius 1 is 0.933 bits per heavy atom. The van der Waals surface area contributed by atoms with Gasteiger partial charge >= 0.3 is 5.63 Å². The molecule has 0 atom stereocenters. The Balaban J connectivity index is 2.33. The van der Waals surface area contributed by atoms with Crippen LogP contribution < -0.4 is 15.3 Å². The van der Waals surface area contributed by atoms with Crippen molar-refractivity contribution in [3.8, 4) is 5.75 Å². The maximum absolute atomic E-state index is 13.1. The summed E-state index contributed by atoms with van der Waals surface area (Å²) in [5.41, 5.74) is 2.19. The quantitative estimate of drug-likeness (QED) is 0.668. The zero-order valence-electron chi connectivity index (χ0n) is 18.7. The van der Waals surface area contributed by atoms with E-state index >= 15 is 0 Å². The number of anilines is 1. The van der Waals surface area contributed by atoms with Crippen molar-refractivity contribution in [1.82, 2.24) is 0 Å². The highest BCUT2D eigenvalue weighted by molar-refractivity contribution is 6.17. The Kier molecular flexibility index (Phi) is 6.34. The van der Waals surface area contributed by atoms with Crippen molar-refractivity contribution in [1.29, 1.82) is 0 Å². The summed E-state index contributed by atoms with van der Waals surface area (Å²) >= 11 is 0. The normalized spacial score (nSPS) is 13.8. The number of imide groups is 1. The summed E-state index contributed by atoms with van der Waals surface area (Å²) in [5.74, 6) is -0.934. The van der Waals surface area contributed by atoms with Gasteiger partial charge in [0, 0.05) is 28.9 Å². The molecular weight excluding hydrogens is 382 g/mol. The van der Waals surface area contributed by atoms with E-state index in [0.717, 1.165) is 30.2 Å². The van der Waals surface area contributed by atoms with Gasteiger partial charge in [0.25, 0.3) is 0 Å². The van der Waals surface area contributed by atoms with Crippen molar-refractivity contribution < 1.29 is 18.7 Å². The summed E-state index contributed by atoms with van der Waals surface area (Å²) < 4.78 is 11.6. The number of nitrogens with zero attached hydrogens (tertiary/aromatic N) is 1. The maximum atomic E-state index is 13.1. The third-order valence-electron chi connectivity index (χ3n) is 5.34. The molecule has 1 aliphatic carbocycles. The third kappa shape index (κ3) is 4.13. The Hall–Kier alpha value is -2.63. The van der Waals surface area contributed by atoms with Crippen molar-refractivity contribution in [2.45, 2.75) is 73.3 Å². The molecule has 3 rings (SSSR count). The number of aryl methyl sites for hydroxylation is 1. The van der Waals surface area contributed by atoms with Gasteiger partial charge in [-0.2, -0.15) is 0 Å². The lowest BCUT2D eigenvalue weighted by Crippen LogP contribution is -2.42. The minimum absolute atomic E-state index is 0.185. The van der Waals surface area contributed by atoms with Gasteiger partial charge < -0.3 is 9.15 Å². The van der Waals surface area contributed by atoms with E-state index in [1.165, 1.54) is 4.90 Å². The fraction of sp³-hybridized carbons (Fsp3) is 0.542. The molecule has 6 nitrogen and oxygen atoms in total. The summed E-state index contributed by atoms with van der Waals surface area (Å²) in [4.78, 5) is 39.9. The van der Waals surface area contributed by atoms with Gasteiger partial charge in [-0.05, 0) is 51.2 Å². The number of carbonyl (C=O) groups is 2. The van der Waals surface area contributed by atoms with Crippen LogP contribution in [0.2, 0.25) is 0 Å². The van der Waals surface area contributed by atoms with Gasteiger partial charge in [-0.3, -0.25) is 9.59 Å². The van der Waals surface area contributed by atoms with Crippen LogP contribution in [0.15, 0.2) is 21.3 Å². The predicted octanol–water partition coefficient (Wildman–Crippen LogP) is 4.63. The minimum atomic E-state index is -0.363. The van der Waals surface area contributed by atoms with Crippen molar-refractivity contribution in [2.75, 3.05) is 4.90 Å². The number of amides is 2. The lowest BCUT2D eigenvalue weighted by molar-refractivity contribution is -0.129. The Bertz CT molecular complexity index is 1010. The molecule has 1 heterocycles. The van der Waals surface area contributed by atoms with E-state index in [1.54, 1.807) is 39.8 Å². The van der Waals surface area contributed by atoms with Gasteiger partial charge in [0.15, 0.2) is 0 Å². The van der Waals surface area contributed by atoms with Crippen LogP contribution in [0.3, 0.4) is 0 Å². The number of fused-ring (bicyclic) bond motifs is 3. The first-order valence-electron chi connectivity index (χ1n) is 10.8. The van der Waals surface area contributed by atoms with E-state index in [4.69, 9.17) is 9.15 Å². The van der Waals surface area contributed by atoms with Crippen LogP contribution in [0.1, 0.15) is 65.5 Å². The van der Waals surface area contributed by atoms with Crippen molar-refractivity contribution in [3.63, 3.8) is 0 Å². The van der Waals surface area contributed by atoms with E-state index in [0.29, 0.717) is 29.0 Å². The molecule has 162 valence electrons. The van der Waals surface area contributed by atoms with Crippen molar-refractivity contribution in [3.05, 3.63) is 33.7 Å². The maximum Gasteiger partial charge on any atom is 0.339 e. The van der Waals surface area contributed by atoms with Gasteiger partial charge in [-0.25, -0.2) is 9.69 Å². The van der Waals surface area contributed by atoms with Crippen molar-refractivity contribution in [2.24, 2.45) is 11.8 Å². The highest BCUT2D eigenvalue weighted by Crippen LogP contribution is 2.38. The fourth-order valence-corrected chi connectivity index (χ4v) is 3.84. The number of benzene rings is 1. The van der Waals surface area contributed by atoms with Gasteiger partial charge in [-0.15, -0.1) is 0 Å². The second-order valence-electron chi connectivity index (χ2n) is 8.86. The summed E-state index contributed by atoms with van der Waals surface area (Å²) in [7, 11) is 0. The van der Waals surface area contributed by atoms with Crippen LogP contribution in [0, 0.1) is 11.8 Å². The molecule has 0 aliphatic heterocycles. The van der Waals surface area contributed by atoms with Gasteiger partial charge in [-0.1, -0.05) is 27.7 Å². The van der Waals surface area contributed by atoms with Crippen LogP contribution in [0.5, 0.6) is 5.75 Å². The molecule has 2 aromatic rings. The predicted molar refractivity (Wildman–Crippen MR) is 117 cm³/mol. The lowest BCUT2D eigenvalue weighted by Gasteiger charge is -2.28. The SMILES string of the molecule is CC(C)Oc1cc2oc(=O)c3c(c2cc1N(C(=O)C(C)C)C(=O)C(C)C)CCCC3. The standard InChI is InChI=1S/C24H31NO5/c1-13(2)22(26)25(23(27)14(3)4)19-11-18-16-9-7-8-10-17(16)24(28)30-20(18)12-21(19)29-15(5)6/h11-15H,7-10H2,1-6H3. The minimum Gasteiger partial charge on any atom is -0.489 e. The van der Waals surface area contributed by atoms with Crippen LogP contribution >= 0.6 is 0 Å². The van der Waals surface area contributed by atoms with E-state index < -0.39 is 0 Å². The molecule has 1 aromatic heterocycles. The van der Waals surface area contributed by atoms with Gasteiger partial charge in [0.05, 0.1) is 11.8 Å². The summed E-state index contributed by atoms with van der Waals surface area (Å²) in [6.45, 7) is 10.8. The monoisotopic (exact) mass is 413 g/mol. The lowest BCUT2D eigenvalue weighted by atomic mass is 9.90. The number of hydrogen-bond acceptors (Lipinski definition) is 5. The number of ether oxygens (including phenoxy) is 1. The van der Waals surface area contributed by atoms with Gasteiger partial charge in [0.1, 0.15) is 11.3 Å². The van der Waals surface area contributed by atoms with Crippen molar-refractivity contribution >= 4 is 28.5 Å². The smallest absolute Gasteiger partial charge is 0.339 e. The van der Waals surface area contributed by atoms with Crippen LogP contribution in [0.4, 0.5) is 5.69 Å². The van der Waals surface area contributed by atoms with E-state index in [2.05, 4.69) is 0 Å². The molecule has 0 saturated carbocycles. The number of rotatable bonds is 5. The average molecular weight is 414 g/mol.